The normalized spacial score (nSPS) is 10.6. The topological polar surface area (TPSA) is 122 Å². The van der Waals surface area contributed by atoms with E-state index in [0.29, 0.717) is 28.6 Å². The predicted octanol–water partition coefficient (Wildman–Crippen LogP) is 0.708. The summed E-state index contributed by atoms with van der Waals surface area (Å²) in [4.78, 5) is 24.5. The fourth-order valence-electron chi connectivity index (χ4n) is 1.60. The first-order chi connectivity index (χ1) is 11.7. The van der Waals surface area contributed by atoms with Crippen molar-refractivity contribution in [3.8, 4) is 0 Å². The zero-order valence-corrected chi connectivity index (χ0v) is 15.5. The average molecular weight is 391 g/mol. The minimum Gasteiger partial charge on any atom is -0.351 e. The molecule has 1 N–H and O–H groups in total. The van der Waals surface area contributed by atoms with E-state index in [-0.39, 0.29) is 5.28 Å². The first-order valence-electron chi connectivity index (χ1n) is 7.03. The van der Waals surface area contributed by atoms with Crippen molar-refractivity contribution in [2.24, 2.45) is 0 Å². The molecule has 25 heavy (non-hydrogen) atoms. The molecule has 0 aromatic carbocycles. The highest BCUT2D eigenvalue weighted by Gasteiger charge is 2.13. The number of halogens is 1. The van der Waals surface area contributed by atoms with Gasteiger partial charge in [0.05, 0.1) is 12.2 Å². The number of aromatic nitrogens is 4. The van der Waals surface area contributed by atoms with Gasteiger partial charge < -0.3 is 9.80 Å². The smallest absolute Gasteiger partial charge is 0.351 e. The van der Waals surface area contributed by atoms with Gasteiger partial charge in [0.1, 0.15) is 12.1 Å². The van der Waals surface area contributed by atoms with Crippen LogP contribution in [-0.4, -0.2) is 63.8 Å². The monoisotopic (exact) mass is 390 g/mol. The second-order valence-electron chi connectivity index (χ2n) is 4.94. The van der Waals surface area contributed by atoms with Gasteiger partial charge in [-0.05, 0) is 24.6 Å². The minimum atomic E-state index is -4.31. The molecule has 2 heterocycles. The Morgan fingerprint density at radius 3 is 2.44 bits per heavy atom. The van der Waals surface area contributed by atoms with Crippen LogP contribution in [0.5, 0.6) is 0 Å². The predicted molar refractivity (Wildman–Crippen MR) is 92.7 cm³/mol. The largest absolute Gasteiger partial charge is 0.364 e. The van der Waals surface area contributed by atoms with Gasteiger partial charge in [-0.2, -0.15) is 8.42 Å². The van der Waals surface area contributed by atoms with Crippen LogP contribution in [0.25, 0.3) is 0 Å². The van der Waals surface area contributed by atoms with E-state index in [9.17, 15) is 13.2 Å². The van der Waals surface area contributed by atoms with E-state index in [1.54, 1.807) is 20.2 Å². The molecule has 0 radical (unpaired) electrons. The molecule has 12 heteroatoms. The van der Waals surface area contributed by atoms with Gasteiger partial charge >= 0.3 is 10.3 Å². The third-order valence-electron chi connectivity index (χ3n) is 2.76. The Hall–Kier alpha value is -2.24. The van der Waals surface area contributed by atoms with Crippen molar-refractivity contribution in [2.75, 3.05) is 25.5 Å². The van der Waals surface area contributed by atoms with Gasteiger partial charge in [-0.25, -0.2) is 18.9 Å². The van der Waals surface area contributed by atoms with Crippen LogP contribution in [-0.2, 0) is 21.6 Å². The highest BCUT2D eigenvalue weighted by molar-refractivity contribution is 7.84. The number of imidazole rings is 1. The summed E-state index contributed by atoms with van der Waals surface area (Å²) in [6.07, 6.45) is 4.55. The first-order valence-corrected chi connectivity index (χ1v) is 8.81. The molecule has 0 bridgehead atoms. The van der Waals surface area contributed by atoms with Gasteiger partial charge in [0.15, 0.2) is 0 Å². The number of hydrogen-bond donors (Lipinski definition) is 1. The summed E-state index contributed by atoms with van der Waals surface area (Å²) in [5.74, 6) is 0.605. The summed E-state index contributed by atoms with van der Waals surface area (Å²) in [5.41, 5.74) is 0.471. The van der Waals surface area contributed by atoms with Crippen molar-refractivity contribution in [1.29, 1.82) is 0 Å². The van der Waals surface area contributed by atoms with Crippen molar-refractivity contribution in [2.45, 2.75) is 13.5 Å². The van der Waals surface area contributed by atoms with Crippen LogP contribution < -0.4 is 4.90 Å². The highest BCUT2D eigenvalue weighted by Crippen LogP contribution is 2.15. The van der Waals surface area contributed by atoms with E-state index in [0.717, 1.165) is 12.7 Å². The maximum Gasteiger partial charge on any atom is 0.364 e. The Labute approximate surface area is 151 Å². The van der Waals surface area contributed by atoms with E-state index < -0.39 is 10.3 Å². The number of carbonyl (C=O) groups excluding carboxylic acids is 1. The van der Waals surface area contributed by atoms with E-state index in [1.807, 2.05) is 11.8 Å². The molecule has 0 spiro atoms. The second kappa shape index (κ2) is 9.30. The molecular formula is C13H19ClN6O4S. The number of rotatable bonds is 6. The lowest BCUT2D eigenvalue weighted by molar-refractivity contribution is -0.115. The van der Waals surface area contributed by atoms with Gasteiger partial charge in [-0.1, -0.05) is 0 Å². The Kier molecular flexibility index (Phi) is 7.74. The summed E-state index contributed by atoms with van der Waals surface area (Å²) < 4.78 is 31.4. The van der Waals surface area contributed by atoms with Crippen molar-refractivity contribution in [3.05, 3.63) is 35.8 Å². The SMILES string of the molecule is CCN(Cc1cn(S(=O)(=O)O)cn1)c1ccnc(Cl)n1.CN(C)C=O. The van der Waals surface area contributed by atoms with Crippen LogP contribution in [0.4, 0.5) is 5.82 Å². The Morgan fingerprint density at radius 1 is 1.36 bits per heavy atom. The number of anilines is 1. The molecule has 0 aliphatic rings. The lowest BCUT2D eigenvalue weighted by Crippen LogP contribution is -2.23. The van der Waals surface area contributed by atoms with Gasteiger partial charge in [-0.3, -0.25) is 9.35 Å². The van der Waals surface area contributed by atoms with Crippen molar-refractivity contribution >= 4 is 34.1 Å². The number of amides is 1. The molecule has 2 aromatic rings. The van der Waals surface area contributed by atoms with Crippen LogP contribution >= 0.6 is 11.6 Å². The third-order valence-corrected chi connectivity index (χ3v) is 3.68. The summed E-state index contributed by atoms with van der Waals surface area (Å²) >= 11 is 5.73. The van der Waals surface area contributed by atoms with Gasteiger partial charge in [0.2, 0.25) is 11.7 Å². The molecule has 138 valence electrons. The summed E-state index contributed by atoms with van der Waals surface area (Å²) in [5, 5.41) is 0.129. The standard InChI is InChI=1S/C10H12ClN5O3S.C3H7NO/c1-2-15(9-3-4-12-10(11)14-9)5-8-6-16(7-13-8)20(17,18)19;1-4(2)3-5/h3-4,6-7H,2,5H2,1H3,(H,17,18,19);3H,1-2H3. The zero-order valence-electron chi connectivity index (χ0n) is 13.9. The van der Waals surface area contributed by atoms with Crippen LogP contribution in [0.2, 0.25) is 5.28 Å². The summed E-state index contributed by atoms with van der Waals surface area (Å²) in [6, 6.07) is 1.69. The highest BCUT2D eigenvalue weighted by atomic mass is 35.5. The molecule has 0 unspecified atom stereocenters. The molecule has 1 amide bonds. The molecule has 0 aliphatic heterocycles. The Morgan fingerprint density at radius 2 is 2.00 bits per heavy atom. The average Bonchev–Trinajstić information content (AvgIpc) is 3.02. The fourth-order valence-corrected chi connectivity index (χ4v) is 2.17. The molecule has 0 saturated heterocycles. The van der Waals surface area contributed by atoms with E-state index in [1.165, 1.54) is 17.3 Å². The van der Waals surface area contributed by atoms with Crippen LogP contribution in [0.15, 0.2) is 24.8 Å². The Balaban J connectivity index is 0.000000550. The van der Waals surface area contributed by atoms with Crippen LogP contribution in [0.3, 0.4) is 0 Å². The summed E-state index contributed by atoms with van der Waals surface area (Å²) in [7, 11) is -0.932. The quantitative estimate of drug-likeness (QED) is 0.434. The molecular weight excluding hydrogens is 372 g/mol. The number of carbonyl (C=O) groups is 1. The number of nitrogens with zero attached hydrogens (tertiary/aromatic N) is 6. The van der Waals surface area contributed by atoms with Crippen molar-refractivity contribution in [3.63, 3.8) is 0 Å². The van der Waals surface area contributed by atoms with E-state index in [4.69, 9.17) is 16.2 Å². The molecule has 0 atom stereocenters. The molecule has 0 fully saturated rings. The molecule has 10 nitrogen and oxygen atoms in total. The van der Waals surface area contributed by atoms with Crippen molar-refractivity contribution in [1.82, 2.24) is 23.8 Å². The van der Waals surface area contributed by atoms with Crippen LogP contribution in [0, 0.1) is 0 Å². The Bertz CT molecular complexity index is 795. The number of hydrogen-bond acceptors (Lipinski definition) is 7. The van der Waals surface area contributed by atoms with Gasteiger partial charge in [0.25, 0.3) is 0 Å². The lowest BCUT2D eigenvalue weighted by Gasteiger charge is -2.20. The summed E-state index contributed by atoms with van der Waals surface area (Å²) in [6.45, 7) is 2.86. The maximum absolute atomic E-state index is 10.9. The minimum absolute atomic E-state index is 0.129. The lowest BCUT2D eigenvalue weighted by atomic mass is 10.4. The zero-order chi connectivity index (χ0) is 19.0. The third kappa shape index (κ3) is 7.03. The van der Waals surface area contributed by atoms with Gasteiger partial charge in [-0.15, -0.1) is 0 Å². The fraction of sp³-hybridized carbons (Fsp3) is 0.385. The second-order valence-corrected chi connectivity index (χ2v) is 6.60. The van der Waals surface area contributed by atoms with Crippen LogP contribution in [0.1, 0.15) is 12.6 Å². The maximum atomic E-state index is 10.9. The van der Waals surface area contributed by atoms with Crippen molar-refractivity contribution < 1.29 is 17.8 Å². The first kappa shape index (κ1) is 20.8. The van der Waals surface area contributed by atoms with Gasteiger partial charge in [0, 0.05) is 33.0 Å². The molecule has 0 aliphatic carbocycles. The molecule has 2 rings (SSSR count). The molecule has 2 aromatic heterocycles. The van der Waals surface area contributed by atoms with E-state index >= 15 is 0 Å². The van der Waals surface area contributed by atoms with E-state index in [2.05, 4.69) is 15.0 Å². The molecule has 0 saturated carbocycles.